The Labute approximate surface area is 106 Å². The number of benzene rings is 1. The largest absolute Gasteiger partial charge is 0.393 e. The molecule has 0 heterocycles. The first-order chi connectivity index (χ1) is 8.67. The van der Waals surface area contributed by atoms with Crippen molar-refractivity contribution in [3.05, 3.63) is 35.4 Å². The van der Waals surface area contributed by atoms with Gasteiger partial charge in [-0.1, -0.05) is 24.2 Å². The van der Waals surface area contributed by atoms with Gasteiger partial charge in [0.1, 0.15) is 12.4 Å². The van der Waals surface area contributed by atoms with Crippen LogP contribution < -0.4 is 5.73 Å². The third kappa shape index (κ3) is 4.44. The van der Waals surface area contributed by atoms with E-state index in [0.717, 1.165) is 12.0 Å². The zero-order valence-electron chi connectivity index (χ0n) is 10.3. The molecule has 0 aliphatic rings. The molecule has 96 valence electrons. The third-order valence-electron chi connectivity index (χ3n) is 2.48. The van der Waals surface area contributed by atoms with Gasteiger partial charge in [0.2, 0.25) is 0 Å². The monoisotopic (exact) mass is 247 g/mol. The highest BCUT2D eigenvalue weighted by molar-refractivity contribution is 5.82. The number of nitrogens with two attached hydrogens (primary N) is 1. The maximum atomic E-state index is 8.69. The highest BCUT2D eigenvalue weighted by atomic mass is 16.6. The first-order valence-electron chi connectivity index (χ1n) is 5.72. The van der Waals surface area contributed by atoms with Gasteiger partial charge in [-0.25, -0.2) is 0 Å². The molecule has 5 heteroatoms. The van der Waals surface area contributed by atoms with E-state index in [9.17, 15) is 0 Å². The Hall–Kier alpha value is -2.06. The van der Waals surface area contributed by atoms with Gasteiger partial charge >= 0.3 is 0 Å². The molecular weight excluding hydrogens is 230 g/mol. The molecule has 0 aliphatic carbocycles. The summed E-state index contributed by atoms with van der Waals surface area (Å²) >= 11 is 0. The van der Waals surface area contributed by atoms with Crippen molar-refractivity contribution in [2.45, 2.75) is 13.3 Å². The SMILES string of the molecule is C[C@@H](Cc1ccc(C#N)cc1)/C(N)=N/OCCO. The molecule has 0 spiro atoms. The molecule has 0 fully saturated rings. The van der Waals surface area contributed by atoms with Crippen molar-refractivity contribution in [3.8, 4) is 6.07 Å². The van der Waals surface area contributed by atoms with Crippen molar-refractivity contribution in [3.63, 3.8) is 0 Å². The van der Waals surface area contributed by atoms with Crippen LogP contribution >= 0.6 is 0 Å². The average molecular weight is 247 g/mol. The number of hydrogen-bond donors (Lipinski definition) is 2. The van der Waals surface area contributed by atoms with Crippen LogP contribution in [0.15, 0.2) is 29.4 Å². The van der Waals surface area contributed by atoms with E-state index in [1.54, 1.807) is 12.1 Å². The summed E-state index contributed by atoms with van der Waals surface area (Å²) in [5, 5.41) is 21.0. The van der Waals surface area contributed by atoms with Crippen LogP contribution in [-0.4, -0.2) is 24.2 Å². The number of aliphatic hydroxyl groups is 1. The molecule has 1 atom stereocenters. The maximum absolute atomic E-state index is 8.69. The molecule has 3 N–H and O–H groups in total. The van der Waals surface area contributed by atoms with Crippen LogP contribution in [0.2, 0.25) is 0 Å². The fourth-order valence-corrected chi connectivity index (χ4v) is 1.42. The average Bonchev–Trinajstić information content (AvgIpc) is 2.39. The Balaban J connectivity index is 2.55. The molecule has 5 nitrogen and oxygen atoms in total. The molecule has 18 heavy (non-hydrogen) atoms. The van der Waals surface area contributed by atoms with Crippen molar-refractivity contribution in [2.75, 3.05) is 13.2 Å². The molecule has 1 aromatic rings. The van der Waals surface area contributed by atoms with Crippen LogP contribution in [0.25, 0.3) is 0 Å². The summed E-state index contributed by atoms with van der Waals surface area (Å²) in [7, 11) is 0. The molecule has 1 aromatic carbocycles. The fraction of sp³-hybridized carbons (Fsp3) is 0.385. The van der Waals surface area contributed by atoms with E-state index >= 15 is 0 Å². The Bertz CT molecular complexity index is 435. The summed E-state index contributed by atoms with van der Waals surface area (Å²) < 4.78 is 0. The number of aliphatic hydroxyl groups excluding tert-OH is 1. The summed E-state index contributed by atoms with van der Waals surface area (Å²) in [6.45, 7) is 2.00. The van der Waals surface area contributed by atoms with Crippen molar-refractivity contribution < 1.29 is 9.94 Å². The topological polar surface area (TPSA) is 91.6 Å². The second kappa shape index (κ2) is 7.30. The first-order valence-corrected chi connectivity index (χ1v) is 5.72. The first kappa shape index (κ1) is 14.0. The number of amidine groups is 1. The van der Waals surface area contributed by atoms with E-state index in [1.807, 2.05) is 19.1 Å². The summed E-state index contributed by atoms with van der Waals surface area (Å²) in [6.07, 6.45) is 0.726. The van der Waals surface area contributed by atoms with Gasteiger partial charge in [-0.3, -0.25) is 0 Å². The number of oxime groups is 1. The van der Waals surface area contributed by atoms with Crippen molar-refractivity contribution >= 4 is 5.84 Å². The van der Waals surface area contributed by atoms with Gasteiger partial charge in [-0.05, 0) is 24.1 Å². The lowest BCUT2D eigenvalue weighted by atomic mass is 9.99. The van der Waals surface area contributed by atoms with E-state index in [4.69, 9.17) is 20.9 Å². The fourth-order valence-electron chi connectivity index (χ4n) is 1.42. The number of nitrogens with zero attached hydrogens (tertiary/aromatic N) is 2. The lowest BCUT2D eigenvalue weighted by Crippen LogP contribution is -2.23. The van der Waals surface area contributed by atoms with E-state index in [1.165, 1.54) is 0 Å². The summed E-state index contributed by atoms with van der Waals surface area (Å²) in [5.74, 6) is 0.435. The predicted molar refractivity (Wildman–Crippen MR) is 68.7 cm³/mol. The number of rotatable bonds is 6. The Morgan fingerprint density at radius 3 is 2.72 bits per heavy atom. The number of hydrogen-bond acceptors (Lipinski definition) is 4. The van der Waals surface area contributed by atoms with Gasteiger partial charge in [0, 0.05) is 5.92 Å². The van der Waals surface area contributed by atoms with E-state index < -0.39 is 0 Å². The molecule has 0 amide bonds. The molecule has 1 rings (SSSR count). The highest BCUT2D eigenvalue weighted by Gasteiger charge is 2.09. The van der Waals surface area contributed by atoms with Crippen molar-refractivity contribution in [1.82, 2.24) is 0 Å². The molecule has 0 bridgehead atoms. The minimum absolute atomic E-state index is 0.0385. The summed E-state index contributed by atoms with van der Waals surface area (Å²) in [4.78, 5) is 4.81. The quantitative estimate of drug-likeness (QED) is 0.340. The Morgan fingerprint density at radius 1 is 1.50 bits per heavy atom. The van der Waals surface area contributed by atoms with Crippen LogP contribution in [0.4, 0.5) is 0 Å². The number of nitriles is 1. The van der Waals surface area contributed by atoms with E-state index in [0.29, 0.717) is 11.4 Å². The molecular formula is C13H17N3O2. The van der Waals surface area contributed by atoms with Gasteiger partial charge in [0.25, 0.3) is 0 Å². The van der Waals surface area contributed by atoms with Gasteiger partial charge in [-0.2, -0.15) is 5.26 Å². The highest BCUT2D eigenvalue weighted by Crippen LogP contribution is 2.10. The van der Waals surface area contributed by atoms with Crippen LogP contribution in [0, 0.1) is 17.2 Å². The minimum atomic E-state index is -0.0826. The molecule has 0 unspecified atom stereocenters. The lowest BCUT2D eigenvalue weighted by Gasteiger charge is -2.10. The molecule has 0 saturated carbocycles. The molecule has 0 aromatic heterocycles. The Kier molecular flexibility index (Phi) is 5.68. The predicted octanol–water partition coefficient (Wildman–Crippen LogP) is 1.02. The second-order valence-corrected chi connectivity index (χ2v) is 3.99. The van der Waals surface area contributed by atoms with Crippen LogP contribution in [0.3, 0.4) is 0 Å². The van der Waals surface area contributed by atoms with Gasteiger partial charge in [-0.15, -0.1) is 0 Å². The smallest absolute Gasteiger partial charge is 0.142 e. The molecule has 0 radical (unpaired) electrons. The summed E-state index contributed by atoms with van der Waals surface area (Å²) in [6, 6.07) is 9.42. The van der Waals surface area contributed by atoms with Crippen molar-refractivity contribution in [2.24, 2.45) is 16.8 Å². The second-order valence-electron chi connectivity index (χ2n) is 3.99. The molecule has 0 saturated heterocycles. The maximum Gasteiger partial charge on any atom is 0.142 e. The van der Waals surface area contributed by atoms with E-state index in [-0.39, 0.29) is 19.1 Å². The van der Waals surface area contributed by atoms with E-state index in [2.05, 4.69) is 11.2 Å². The normalized spacial score (nSPS) is 12.8. The van der Waals surface area contributed by atoms with Crippen LogP contribution in [-0.2, 0) is 11.3 Å². The minimum Gasteiger partial charge on any atom is -0.393 e. The molecule has 0 aliphatic heterocycles. The zero-order chi connectivity index (χ0) is 13.4. The third-order valence-corrected chi connectivity index (χ3v) is 2.48. The lowest BCUT2D eigenvalue weighted by molar-refractivity contribution is 0.0973. The van der Waals surface area contributed by atoms with Gasteiger partial charge in [0.15, 0.2) is 0 Å². The van der Waals surface area contributed by atoms with Gasteiger partial charge < -0.3 is 15.7 Å². The van der Waals surface area contributed by atoms with Crippen molar-refractivity contribution in [1.29, 1.82) is 5.26 Å². The standard InChI is InChI=1S/C13H17N3O2/c1-10(13(15)16-18-7-6-17)8-11-2-4-12(9-14)5-3-11/h2-5,10,17H,6-8H2,1H3,(H2,15,16)/t10-/m0/s1. The van der Waals surface area contributed by atoms with Gasteiger partial charge in [0.05, 0.1) is 18.2 Å². The van der Waals surface area contributed by atoms with Crippen LogP contribution in [0.5, 0.6) is 0 Å². The summed E-state index contributed by atoms with van der Waals surface area (Å²) in [5.41, 5.74) is 7.48. The zero-order valence-corrected chi connectivity index (χ0v) is 10.3. The Morgan fingerprint density at radius 2 is 2.17 bits per heavy atom. The van der Waals surface area contributed by atoms with Crippen LogP contribution in [0.1, 0.15) is 18.1 Å².